The fourth-order valence-electron chi connectivity index (χ4n) is 1.55. The van der Waals surface area contributed by atoms with Crippen molar-refractivity contribution in [1.29, 1.82) is 0 Å². The van der Waals surface area contributed by atoms with Crippen molar-refractivity contribution in [2.24, 2.45) is 0 Å². The molecule has 72 valence electrons. The van der Waals surface area contributed by atoms with Crippen LogP contribution in [-0.4, -0.2) is 14.8 Å². The van der Waals surface area contributed by atoms with Gasteiger partial charge in [0.15, 0.2) is 0 Å². The molecule has 0 N–H and O–H groups in total. The van der Waals surface area contributed by atoms with E-state index in [0.29, 0.717) is 0 Å². The van der Waals surface area contributed by atoms with Gasteiger partial charge in [0.2, 0.25) is 0 Å². The molecule has 2 aromatic rings. The Kier molecular flexibility index (Phi) is 2.58. The van der Waals surface area contributed by atoms with Crippen LogP contribution in [0, 0.1) is 0 Å². The smallest absolute Gasteiger partial charge is 0.137 e. The Labute approximate surface area is 83.4 Å². The highest BCUT2D eigenvalue weighted by molar-refractivity contribution is 5.26. The predicted octanol–water partition coefficient (Wildman–Crippen LogP) is 1.89. The quantitative estimate of drug-likeness (QED) is 0.734. The molecule has 0 radical (unpaired) electrons. The molecular weight excluding hydrogens is 174 g/mol. The lowest BCUT2D eigenvalue weighted by atomic mass is 10.1. The van der Waals surface area contributed by atoms with Crippen molar-refractivity contribution >= 4 is 0 Å². The first-order chi connectivity index (χ1) is 6.90. The minimum Gasteiger partial charge on any atom is -0.249 e. The summed E-state index contributed by atoms with van der Waals surface area (Å²) >= 11 is 0. The topological polar surface area (TPSA) is 30.7 Å². The molecule has 0 bridgehead atoms. The van der Waals surface area contributed by atoms with Crippen LogP contribution in [0.4, 0.5) is 0 Å². The average molecular weight is 187 g/mol. The fourth-order valence-corrected chi connectivity index (χ4v) is 1.55. The molecule has 3 heteroatoms. The lowest BCUT2D eigenvalue weighted by Gasteiger charge is -2.06. The fraction of sp³-hybridized carbons (Fsp3) is 0.273. The van der Waals surface area contributed by atoms with Gasteiger partial charge in [-0.25, -0.2) is 9.67 Å². The SMILES string of the molecule is CCc1ccccc1Cn1cncn1. The molecule has 2 rings (SSSR count). The zero-order valence-electron chi connectivity index (χ0n) is 8.22. The Bertz CT molecular complexity index is 393. The Morgan fingerprint density at radius 2 is 2.00 bits per heavy atom. The highest BCUT2D eigenvalue weighted by Gasteiger charge is 2.00. The van der Waals surface area contributed by atoms with Crippen molar-refractivity contribution in [1.82, 2.24) is 14.8 Å². The third-order valence-corrected chi connectivity index (χ3v) is 2.30. The summed E-state index contributed by atoms with van der Waals surface area (Å²) in [6, 6.07) is 8.43. The molecule has 0 aliphatic carbocycles. The van der Waals surface area contributed by atoms with Gasteiger partial charge in [0.05, 0.1) is 6.54 Å². The highest BCUT2D eigenvalue weighted by Crippen LogP contribution is 2.10. The van der Waals surface area contributed by atoms with Crippen LogP contribution in [0.5, 0.6) is 0 Å². The molecule has 0 saturated carbocycles. The Balaban J connectivity index is 2.24. The summed E-state index contributed by atoms with van der Waals surface area (Å²) in [5, 5.41) is 4.09. The molecular formula is C11H13N3. The molecule has 1 heterocycles. The molecule has 0 unspecified atom stereocenters. The highest BCUT2D eigenvalue weighted by atomic mass is 15.3. The first kappa shape index (κ1) is 8.94. The minimum atomic E-state index is 0.810. The van der Waals surface area contributed by atoms with Gasteiger partial charge in [-0.3, -0.25) is 0 Å². The van der Waals surface area contributed by atoms with E-state index >= 15 is 0 Å². The van der Waals surface area contributed by atoms with Gasteiger partial charge in [-0.15, -0.1) is 0 Å². The summed E-state index contributed by atoms with van der Waals surface area (Å²) in [4.78, 5) is 3.93. The first-order valence-corrected chi connectivity index (χ1v) is 4.79. The van der Waals surface area contributed by atoms with E-state index in [-0.39, 0.29) is 0 Å². The monoisotopic (exact) mass is 187 g/mol. The zero-order chi connectivity index (χ0) is 9.80. The summed E-state index contributed by atoms with van der Waals surface area (Å²) < 4.78 is 1.84. The van der Waals surface area contributed by atoms with Crippen molar-refractivity contribution in [3.8, 4) is 0 Å². The molecule has 0 amide bonds. The van der Waals surface area contributed by atoms with E-state index in [1.54, 1.807) is 12.7 Å². The lowest BCUT2D eigenvalue weighted by molar-refractivity contribution is 0.680. The van der Waals surface area contributed by atoms with Crippen LogP contribution in [-0.2, 0) is 13.0 Å². The number of rotatable bonds is 3. The maximum atomic E-state index is 4.09. The van der Waals surface area contributed by atoms with E-state index in [4.69, 9.17) is 0 Å². The van der Waals surface area contributed by atoms with Gasteiger partial charge >= 0.3 is 0 Å². The molecule has 0 spiro atoms. The van der Waals surface area contributed by atoms with Crippen LogP contribution in [0.2, 0.25) is 0 Å². The first-order valence-electron chi connectivity index (χ1n) is 4.79. The van der Waals surface area contributed by atoms with E-state index in [0.717, 1.165) is 13.0 Å². The molecule has 0 fully saturated rings. The second-order valence-corrected chi connectivity index (χ2v) is 3.22. The predicted molar refractivity (Wildman–Crippen MR) is 54.9 cm³/mol. The molecule has 1 aromatic heterocycles. The molecule has 0 saturated heterocycles. The van der Waals surface area contributed by atoms with E-state index < -0.39 is 0 Å². The zero-order valence-corrected chi connectivity index (χ0v) is 8.22. The van der Waals surface area contributed by atoms with Crippen LogP contribution >= 0.6 is 0 Å². The lowest BCUT2D eigenvalue weighted by Crippen LogP contribution is -2.02. The normalized spacial score (nSPS) is 10.4. The van der Waals surface area contributed by atoms with Gasteiger partial charge in [0.25, 0.3) is 0 Å². The largest absolute Gasteiger partial charge is 0.249 e. The summed E-state index contributed by atoms with van der Waals surface area (Å²) in [5.74, 6) is 0. The Hall–Kier alpha value is -1.64. The summed E-state index contributed by atoms with van der Waals surface area (Å²) in [5.41, 5.74) is 2.70. The van der Waals surface area contributed by atoms with Gasteiger partial charge in [0, 0.05) is 0 Å². The molecule has 3 nitrogen and oxygen atoms in total. The van der Waals surface area contributed by atoms with Crippen LogP contribution in [0.1, 0.15) is 18.1 Å². The van der Waals surface area contributed by atoms with Crippen LogP contribution in [0.25, 0.3) is 0 Å². The van der Waals surface area contributed by atoms with Crippen molar-refractivity contribution in [3.05, 3.63) is 48.0 Å². The van der Waals surface area contributed by atoms with Crippen LogP contribution < -0.4 is 0 Å². The third-order valence-electron chi connectivity index (χ3n) is 2.30. The number of aromatic nitrogens is 3. The van der Waals surface area contributed by atoms with Gasteiger partial charge < -0.3 is 0 Å². The maximum absolute atomic E-state index is 4.09. The van der Waals surface area contributed by atoms with Crippen LogP contribution in [0.15, 0.2) is 36.9 Å². The number of hydrogen-bond donors (Lipinski definition) is 0. The van der Waals surface area contributed by atoms with E-state index in [1.165, 1.54) is 11.1 Å². The third kappa shape index (κ3) is 1.82. The second kappa shape index (κ2) is 4.05. The summed E-state index contributed by atoms with van der Waals surface area (Å²) in [6.45, 7) is 2.98. The van der Waals surface area contributed by atoms with E-state index in [1.807, 2.05) is 4.68 Å². The van der Waals surface area contributed by atoms with Crippen molar-refractivity contribution in [3.63, 3.8) is 0 Å². The minimum absolute atomic E-state index is 0.810. The van der Waals surface area contributed by atoms with Crippen LogP contribution in [0.3, 0.4) is 0 Å². The maximum Gasteiger partial charge on any atom is 0.137 e. The summed E-state index contributed by atoms with van der Waals surface area (Å²) in [7, 11) is 0. The molecule has 0 aliphatic heterocycles. The van der Waals surface area contributed by atoms with Crippen molar-refractivity contribution < 1.29 is 0 Å². The molecule has 1 aromatic carbocycles. The number of aryl methyl sites for hydroxylation is 1. The molecule has 0 atom stereocenters. The standard InChI is InChI=1S/C11H13N3/c1-2-10-5-3-4-6-11(10)7-14-9-12-8-13-14/h3-6,8-9H,2,7H2,1H3. The van der Waals surface area contributed by atoms with E-state index in [2.05, 4.69) is 41.3 Å². The molecule has 14 heavy (non-hydrogen) atoms. The van der Waals surface area contributed by atoms with Crippen molar-refractivity contribution in [2.75, 3.05) is 0 Å². The average Bonchev–Trinajstić information content (AvgIpc) is 2.71. The summed E-state index contributed by atoms with van der Waals surface area (Å²) in [6.07, 6.45) is 4.37. The van der Waals surface area contributed by atoms with Crippen molar-refractivity contribution in [2.45, 2.75) is 19.9 Å². The van der Waals surface area contributed by atoms with E-state index in [9.17, 15) is 0 Å². The Morgan fingerprint density at radius 3 is 2.64 bits per heavy atom. The van der Waals surface area contributed by atoms with Gasteiger partial charge in [-0.2, -0.15) is 5.10 Å². The number of hydrogen-bond acceptors (Lipinski definition) is 2. The number of benzene rings is 1. The number of nitrogens with zero attached hydrogens (tertiary/aromatic N) is 3. The van der Waals surface area contributed by atoms with Gasteiger partial charge in [0.1, 0.15) is 12.7 Å². The van der Waals surface area contributed by atoms with Gasteiger partial charge in [-0.05, 0) is 17.5 Å². The second-order valence-electron chi connectivity index (χ2n) is 3.22. The van der Waals surface area contributed by atoms with Gasteiger partial charge in [-0.1, -0.05) is 31.2 Å². The Morgan fingerprint density at radius 1 is 1.21 bits per heavy atom. The molecule has 0 aliphatic rings.